The molecule has 3 aliphatic heterocycles. The number of sulfonamides is 1. The molecule has 1 unspecified atom stereocenters. The zero-order valence-electron chi connectivity index (χ0n) is 34.6. The van der Waals surface area contributed by atoms with Gasteiger partial charge in [-0.15, -0.1) is 11.8 Å². The summed E-state index contributed by atoms with van der Waals surface area (Å²) < 4.78 is 104. The number of hydrogen-bond acceptors (Lipinski definition) is 11. The molecule has 11 nitrogen and oxygen atoms in total. The summed E-state index contributed by atoms with van der Waals surface area (Å²) in [6.07, 6.45) is 1.06. The summed E-state index contributed by atoms with van der Waals surface area (Å²) in [6, 6.07) is 32.4. The Kier molecular flexibility index (Phi) is 14.0. The van der Waals surface area contributed by atoms with Crippen LogP contribution in [0.3, 0.4) is 0 Å². The molecule has 2 N–H and O–H groups in total. The van der Waals surface area contributed by atoms with E-state index in [9.17, 15) is 34.8 Å². The van der Waals surface area contributed by atoms with Crippen molar-refractivity contribution in [3.8, 4) is 11.1 Å². The Hall–Kier alpha value is -4.62. The molecule has 0 bridgehead atoms. The lowest BCUT2D eigenvalue weighted by molar-refractivity contribution is -0.0435. The fraction of sp³-hybridized carbons (Fsp3) is 0.326. The van der Waals surface area contributed by atoms with Crippen LogP contribution in [0, 0.1) is 0 Å². The molecule has 64 heavy (non-hydrogen) atoms. The molecule has 2 fully saturated rings. The summed E-state index contributed by atoms with van der Waals surface area (Å²) in [5, 5.41) is 3.67. The van der Waals surface area contributed by atoms with Crippen LogP contribution in [-0.2, 0) is 37.6 Å². The van der Waals surface area contributed by atoms with E-state index in [1.54, 1.807) is 12.1 Å². The van der Waals surface area contributed by atoms with Gasteiger partial charge in [0.15, 0.2) is 0 Å². The maximum absolute atomic E-state index is 14.2. The average molecular weight is 955 g/mol. The minimum absolute atomic E-state index is 0.0383. The maximum Gasteiger partial charge on any atom is 0.501 e. The highest BCUT2D eigenvalue weighted by atomic mass is 35.5. The summed E-state index contributed by atoms with van der Waals surface area (Å²) in [6.45, 7) is 6.05. The van der Waals surface area contributed by atoms with Crippen LogP contribution in [0.5, 0.6) is 0 Å². The van der Waals surface area contributed by atoms with Gasteiger partial charge in [-0.3, -0.25) is 14.6 Å². The lowest BCUT2D eigenvalue weighted by atomic mass is 9.99. The molecule has 8 rings (SSSR count). The number of anilines is 2. The van der Waals surface area contributed by atoms with Crippen molar-refractivity contribution in [2.45, 2.75) is 51.7 Å². The lowest BCUT2D eigenvalue weighted by Gasteiger charge is -2.39. The average Bonchev–Trinajstić information content (AvgIpc) is 3.65. The third-order valence-electron chi connectivity index (χ3n) is 11.8. The molecule has 5 aromatic rings. The van der Waals surface area contributed by atoms with Crippen LogP contribution in [0.15, 0.2) is 130 Å². The van der Waals surface area contributed by atoms with Crippen LogP contribution in [0.2, 0.25) is 5.02 Å². The first kappa shape index (κ1) is 45.9. The number of alkyl halides is 3. The number of benzene rings is 5. The third-order valence-corrected chi connectivity index (χ3v) is 16.1. The van der Waals surface area contributed by atoms with E-state index < -0.39 is 52.8 Å². The van der Waals surface area contributed by atoms with Gasteiger partial charge in [0.1, 0.15) is 4.90 Å². The van der Waals surface area contributed by atoms with Crippen LogP contribution in [0.25, 0.3) is 11.1 Å². The number of piperazine rings is 1. The highest BCUT2D eigenvalue weighted by molar-refractivity contribution is 7.99. The fourth-order valence-corrected chi connectivity index (χ4v) is 11.6. The molecule has 2 atom stereocenters. The molecule has 18 heteroatoms. The minimum Gasteiger partial charge on any atom is -0.380 e. The molecule has 0 aliphatic carbocycles. The van der Waals surface area contributed by atoms with E-state index in [4.69, 9.17) is 16.3 Å². The number of fused-ring (bicyclic) bond motifs is 3. The van der Waals surface area contributed by atoms with E-state index in [-0.39, 0.29) is 11.6 Å². The second-order valence-corrected chi connectivity index (χ2v) is 21.2. The van der Waals surface area contributed by atoms with Gasteiger partial charge < -0.3 is 15.0 Å². The van der Waals surface area contributed by atoms with Crippen molar-refractivity contribution in [2.75, 3.05) is 68.5 Å². The number of amides is 1. The zero-order valence-corrected chi connectivity index (χ0v) is 37.8. The van der Waals surface area contributed by atoms with Crippen molar-refractivity contribution in [3.05, 3.63) is 137 Å². The van der Waals surface area contributed by atoms with E-state index in [0.29, 0.717) is 62.5 Å². The van der Waals surface area contributed by atoms with E-state index in [0.717, 1.165) is 65.6 Å². The number of halogens is 4. The number of nitrogens with zero attached hydrogens (tertiary/aromatic N) is 3. The first-order valence-corrected chi connectivity index (χ1v) is 25.2. The minimum atomic E-state index is -6.06. The molecular weight excluding hydrogens is 907 g/mol. The first-order valence-electron chi connectivity index (χ1n) is 20.9. The van der Waals surface area contributed by atoms with Gasteiger partial charge in [-0.25, -0.2) is 21.6 Å². The Morgan fingerprint density at radius 1 is 0.844 bits per heavy atom. The van der Waals surface area contributed by atoms with Crippen molar-refractivity contribution in [3.63, 3.8) is 0 Å². The predicted molar refractivity (Wildman–Crippen MR) is 244 cm³/mol. The van der Waals surface area contributed by atoms with E-state index in [1.807, 2.05) is 71.5 Å². The highest BCUT2D eigenvalue weighted by Gasteiger charge is 2.48. The number of ether oxygens (including phenoxy) is 1. The number of morpholine rings is 1. The topological polar surface area (TPSA) is 128 Å². The molecule has 0 saturated carbocycles. The Bertz CT molecular complexity index is 2690. The van der Waals surface area contributed by atoms with Gasteiger partial charge in [-0.1, -0.05) is 66.2 Å². The number of thioether (sulfide) groups is 1. The normalized spacial score (nSPS) is 17.7. The number of sulfone groups is 1. The molecule has 3 aliphatic rings. The summed E-state index contributed by atoms with van der Waals surface area (Å²) in [5.74, 6) is -0.635. The van der Waals surface area contributed by atoms with Crippen molar-refractivity contribution in [1.29, 1.82) is 0 Å². The molecule has 1 amide bonds. The second-order valence-electron chi connectivity index (χ2n) is 16.0. The number of carbonyl (C=O) groups excluding carboxylic acids is 1. The molecule has 3 heterocycles. The van der Waals surface area contributed by atoms with E-state index in [1.165, 1.54) is 23.4 Å². The van der Waals surface area contributed by atoms with Crippen molar-refractivity contribution < 1.29 is 39.5 Å². The van der Waals surface area contributed by atoms with Gasteiger partial charge >= 0.3 is 5.51 Å². The Morgan fingerprint density at radius 2 is 1.58 bits per heavy atom. The highest BCUT2D eigenvalue weighted by Crippen LogP contribution is 2.38. The van der Waals surface area contributed by atoms with Crippen LogP contribution in [0.1, 0.15) is 27.9 Å². The predicted octanol–water partition coefficient (Wildman–Crippen LogP) is 7.96. The van der Waals surface area contributed by atoms with Crippen molar-refractivity contribution in [2.24, 2.45) is 0 Å². The fourth-order valence-electron chi connectivity index (χ4n) is 8.46. The van der Waals surface area contributed by atoms with Crippen LogP contribution in [0.4, 0.5) is 24.5 Å². The van der Waals surface area contributed by atoms with Gasteiger partial charge in [-0.2, -0.15) is 13.2 Å². The van der Waals surface area contributed by atoms with Crippen LogP contribution >= 0.6 is 23.4 Å². The van der Waals surface area contributed by atoms with Gasteiger partial charge in [0.25, 0.3) is 25.8 Å². The van der Waals surface area contributed by atoms with Crippen molar-refractivity contribution in [1.82, 2.24) is 14.5 Å². The number of carbonyl (C=O) groups is 1. The van der Waals surface area contributed by atoms with Crippen LogP contribution < -0.4 is 14.9 Å². The Labute approximate surface area is 380 Å². The Morgan fingerprint density at radius 3 is 2.33 bits per heavy atom. The van der Waals surface area contributed by atoms with Gasteiger partial charge in [0.05, 0.1) is 23.8 Å². The SMILES string of the molecule is O=C(NS(=O)(=O)c1ccc(N[C@H](CCN2CCOCC2)CSc2ccccc2)c(S(=O)(=O)C(F)(F)F)c1)c1ccc2c(c1)CC1CN(Cc3ccccc3-c3ccc(Cl)cc3)CCN21. The van der Waals surface area contributed by atoms with E-state index >= 15 is 0 Å². The quantitative estimate of drug-likeness (QED) is 0.0993. The molecule has 5 aromatic carbocycles. The molecule has 0 aromatic heterocycles. The lowest BCUT2D eigenvalue weighted by Crippen LogP contribution is -2.51. The number of rotatable bonds is 15. The second kappa shape index (κ2) is 19.5. The largest absolute Gasteiger partial charge is 0.501 e. The molecule has 0 radical (unpaired) electrons. The van der Waals surface area contributed by atoms with Gasteiger partial charge in [-0.05, 0) is 95.8 Å². The summed E-state index contributed by atoms with van der Waals surface area (Å²) in [7, 11) is -10.9. The molecule has 338 valence electrons. The number of hydrogen-bond donors (Lipinski definition) is 2. The third kappa shape index (κ3) is 10.6. The van der Waals surface area contributed by atoms with Gasteiger partial charge in [0, 0.05) is 84.8 Å². The molecule has 2 saturated heterocycles. The molecule has 0 spiro atoms. The maximum atomic E-state index is 14.2. The van der Waals surface area contributed by atoms with Gasteiger partial charge in [0.2, 0.25) is 0 Å². The smallest absolute Gasteiger partial charge is 0.380 e. The molecular formula is C46H47ClF3N5O6S3. The number of nitrogens with one attached hydrogen (secondary N) is 2. The van der Waals surface area contributed by atoms with Crippen LogP contribution in [-0.4, -0.2) is 108 Å². The van der Waals surface area contributed by atoms with Crippen molar-refractivity contribution >= 4 is 60.5 Å². The summed E-state index contributed by atoms with van der Waals surface area (Å²) in [4.78, 5) is 19.3. The Balaban J connectivity index is 0.970. The summed E-state index contributed by atoms with van der Waals surface area (Å²) >= 11 is 7.59. The summed E-state index contributed by atoms with van der Waals surface area (Å²) in [5.41, 5.74) is -0.905. The monoisotopic (exact) mass is 953 g/mol. The first-order chi connectivity index (χ1) is 30.6. The standard InChI is InChI=1S/C46H47ClF3N5O6S3/c47-36-13-10-32(11-14-36)41-9-5-4-6-34(41)29-54-20-21-55-38(30-54)27-35-26-33(12-17-43(35)55)45(56)52-64(59,60)40-15-16-42(44(28-40)63(57,58)46(48,49)50)51-37(18-19-53-22-24-61-25-23-53)31-62-39-7-2-1-3-8-39/h1-17,26,28,37-38,51H,18-25,27,29-31H2,(H,52,56)/t37-,38?/m1/s1. The van der Waals surface area contributed by atoms with E-state index in [2.05, 4.69) is 32.1 Å². The zero-order chi connectivity index (χ0) is 45.1.